The molecule has 3 aliphatic rings. The number of nitrogens with zero attached hydrogens (tertiary/aromatic N) is 3. The molecule has 3 atom stereocenters. The number of methoxy groups -OCH3 is 1. The summed E-state index contributed by atoms with van der Waals surface area (Å²) >= 11 is 0. The summed E-state index contributed by atoms with van der Waals surface area (Å²) in [6.07, 6.45) is 7.35. The zero-order chi connectivity index (χ0) is 21.4. The van der Waals surface area contributed by atoms with Gasteiger partial charge in [0.2, 0.25) is 5.91 Å². The predicted molar refractivity (Wildman–Crippen MR) is 117 cm³/mol. The summed E-state index contributed by atoms with van der Waals surface area (Å²) in [5.41, 5.74) is 1.85. The number of hydrogen-bond acceptors (Lipinski definition) is 4. The Morgan fingerprint density at radius 3 is 2.52 bits per heavy atom. The number of aromatic nitrogens is 1. The van der Waals surface area contributed by atoms with E-state index in [0.29, 0.717) is 24.6 Å². The summed E-state index contributed by atoms with van der Waals surface area (Å²) in [6.45, 7) is 2.09. The molecule has 1 aromatic heterocycles. The minimum absolute atomic E-state index is 0.0313. The van der Waals surface area contributed by atoms with Crippen LogP contribution in [0.4, 0.5) is 0 Å². The molecule has 0 radical (unpaired) electrons. The topological polar surface area (TPSA) is 62.7 Å². The lowest BCUT2D eigenvalue weighted by Gasteiger charge is -2.40. The number of rotatable bonds is 4. The molecule has 0 bridgehead atoms. The molecule has 31 heavy (non-hydrogen) atoms. The van der Waals surface area contributed by atoms with Gasteiger partial charge in [-0.15, -0.1) is 0 Å². The van der Waals surface area contributed by atoms with E-state index in [1.165, 1.54) is 5.56 Å². The highest BCUT2D eigenvalue weighted by Gasteiger charge is 2.49. The van der Waals surface area contributed by atoms with E-state index in [2.05, 4.69) is 22.0 Å². The van der Waals surface area contributed by atoms with Gasteiger partial charge in [0.25, 0.3) is 5.91 Å². The number of ether oxygens (including phenoxy) is 1. The molecule has 3 heterocycles. The highest BCUT2D eigenvalue weighted by molar-refractivity contribution is 5.94. The summed E-state index contributed by atoms with van der Waals surface area (Å²) in [4.78, 5) is 34.5. The highest BCUT2D eigenvalue weighted by atomic mass is 16.5. The van der Waals surface area contributed by atoms with Crippen molar-refractivity contribution in [3.8, 4) is 5.75 Å². The number of amides is 2. The van der Waals surface area contributed by atoms with Crippen molar-refractivity contribution in [1.29, 1.82) is 0 Å². The van der Waals surface area contributed by atoms with Crippen LogP contribution < -0.4 is 4.74 Å². The summed E-state index contributed by atoms with van der Waals surface area (Å²) < 4.78 is 5.33. The zero-order valence-electron chi connectivity index (χ0n) is 17.9. The molecule has 1 aromatic carbocycles. The minimum atomic E-state index is 0.0313. The van der Waals surface area contributed by atoms with Crippen LogP contribution in [0.1, 0.15) is 47.5 Å². The van der Waals surface area contributed by atoms with Crippen LogP contribution in [0.25, 0.3) is 0 Å². The van der Waals surface area contributed by atoms with Gasteiger partial charge in [-0.2, -0.15) is 0 Å². The van der Waals surface area contributed by atoms with Gasteiger partial charge in [-0.1, -0.05) is 18.6 Å². The summed E-state index contributed by atoms with van der Waals surface area (Å²) in [7, 11) is 1.67. The smallest absolute Gasteiger partial charge is 0.255 e. The molecule has 2 amide bonds. The van der Waals surface area contributed by atoms with E-state index in [1.54, 1.807) is 25.6 Å². The van der Waals surface area contributed by atoms with E-state index in [-0.39, 0.29) is 29.7 Å². The molecule has 2 aromatic rings. The second kappa shape index (κ2) is 8.33. The predicted octanol–water partition coefficient (Wildman–Crippen LogP) is 3.35. The van der Waals surface area contributed by atoms with Gasteiger partial charge < -0.3 is 14.5 Å². The fourth-order valence-corrected chi connectivity index (χ4v) is 5.44. The maximum atomic E-state index is 13.2. The van der Waals surface area contributed by atoms with Crippen molar-refractivity contribution < 1.29 is 14.3 Å². The van der Waals surface area contributed by atoms with E-state index < -0.39 is 0 Å². The van der Waals surface area contributed by atoms with Crippen LogP contribution in [-0.4, -0.2) is 59.4 Å². The molecule has 6 heteroatoms. The Balaban J connectivity index is 1.41. The third-order valence-corrected chi connectivity index (χ3v) is 7.41. The number of likely N-dealkylation sites (tertiary alicyclic amines) is 2. The van der Waals surface area contributed by atoms with E-state index in [9.17, 15) is 9.59 Å². The van der Waals surface area contributed by atoms with Crippen molar-refractivity contribution in [2.75, 3.05) is 26.7 Å². The maximum absolute atomic E-state index is 13.2. The first-order chi connectivity index (χ1) is 15.2. The third-order valence-electron chi connectivity index (χ3n) is 7.41. The molecule has 2 aliphatic heterocycles. The van der Waals surface area contributed by atoms with Gasteiger partial charge in [0, 0.05) is 55.8 Å². The minimum Gasteiger partial charge on any atom is -0.497 e. The van der Waals surface area contributed by atoms with Crippen molar-refractivity contribution in [1.82, 2.24) is 14.8 Å². The van der Waals surface area contributed by atoms with E-state index in [1.807, 2.05) is 23.1 Å². The highest BCUT2D eigenvalue weighted by Crippen LogP contribution is 2.44. The van der Waals surface area contributed by atoms with Gasteiger partial charge in [-0.05, 0) is 49.1 Å². The van der Waals surface area contributed by atoms with Crippen LogP contribution in [0.2, 0.25) is 0 Å². The maximum Gasteiger partial charge on any atom is 0.255 e. The molecule has 0 spiro atoms. The van der Waals surface area contributed by atoms with Crippen LogP contribution in [0.3, 0.4) is 0 Å². The Kier molecular flexibility index (Phi) is 5.38. The number of pyridine rings is 1. The number of carbonyl (C=O) groups is 2. The van der Waals surface area contributed by atoms with Crippen LogP contribution in [0, 0.1) is 11.8 Å². The molecule has 0 unspecified atom stereocenters. The van der Waals surface area contributed by atoms with Crippen LogP contribution in [0.5, 0.6) is 5.75 Å². The molecule has 1 aliphatic carbocycles. The SMILES string of the molecule is COc1ccc([C@@H]2CN(C(=O)C3CCC3)[C@H]3CCN(C(=O)c4cccnc4)C[C@@H]23)cc1. The van der Waals surface area contributed by atoms with Gasteiger partial charge in [0.15, 0.2) is 0 Å². The first-order valence-corrected chi connectivity index (χ1v) is 11.3. The van der Waals surface area contributed by atoms with E-state index >= 15 is 0 Å². The van der Waals surface area contributed by atoms with Gasteiger partial charge in [-0.25, -0.2) is 0 Å². The molecule has 6 nitrogen and oxygen atoms in total. The summed E-state index contributed by atoms with van der Waals surface area (Å²) in [6, 6.07) is 12.0. The molecule has 2 saturated heterocycles. The zero-order valence-corrected chi connectivity index (χ0v) is 17.9. The van der Waals surface area contributed by atoms with Crippen molar-refractivity contribution in [2.24, 2.45) is 11.8 Å². The Morgan fingerprint density at radius 1 is 1.06 bits per heavy atom. The second-order valence-corrected chi connectivity index (χ2v) is 9.01. The average molecular weight is 420 g/mol. The molecule has 5 rings (SSSR count). The second-order valence-electron chi connectivity index (χ2n) is 9.01. The molecule has 162 valence electrons. The van der Waals surface area contributed by atoms with Crippen LogP contribution in [-0.2, 0) is 4.79 Å². The van der Waals surface area contributed by atoms with Gasteiger partial charge >= 0.3 is 0 Å². The number of hydrogen-bond donors (Lipinski definition) is 0. The Labute approximate surface area is 183 Å². The summed E-state index contributed by atoms with van der Waals surface area (Å²) in [5, 5.41) is 0. The number of piperidine rings is 1. The number of fused-ring (bicyclic) bond motifs is 1. The Bertz CT molecular complexity index is 942. The molecular weight excluding hydrogens is 390 g/mol. The molecule has 0 N–H and O–H groups in total. The van der Waals surface area contributed by atoms with Crippen molar-refractivity contribution in [3.05, 3.63) is 59.9 Å². The number of benzene rings is 1. The average Bonchev–Trinajstić information content (AvgIpc) is 3.17. The molecule has 3 fully saturated rings. The van der Waals surface area contributed by atoms with E-state index in [4.69, 9.17) is 4.74 Å². The van der Waals surface area contributed by atoms with Crippen LogP contribution in [0.15, 0.2) is 48.8 Å². The lowest BCUT2D eigenvalue weighted by molar-refractivity contribution is -0.139. The van der Waals surface area contributed by atoms with Crippen LogP contribution >= 0.6 is 0 Å². The van der Waals surface area contributed by atoms with Crippen molar-refractivity contribution in [3.63, 3.8) is 0 Å². The van der Waals surface area contributed by atoms with Gasteiger partial charge in [0.1, 0.15) is 5.75 Å². The monoisotopic (exact) mass is 419 g/mol. The normalized spacial score (nSPS) is 25.6. The molecular formula is C25H29N3O3. The quantitative estimate of drug-likeness (QED) is 0.763. The van der Waals surface area contributed by atoms with Gasteiger partial charge in [0.05, 0.1) is 12.7 Å². The van der Waals surface area contributed by atoms with Crippen molar-refractivity contribution >= 4 is 11.8 Å². The first-order valence-electron chi connectivity index (χ1n) is 11.3. The lowest BCUT2D eigenvalue weighted by Crippen LogP contribution is -2.51. The van der Waals surface area contributed by atoms with Crippen molar-refractivity contribution in [2.45, 2.75) is 37.6 Å². The van der Waals surface area contributed by atoms with E-state index in [0.717, 1.165) is 38.0 Å². The fraction of sp³-hybridized carbons (Fsp3) is 0.480. The Hall–Kier alpha value is -2.89. The summed E-state index contributed by atoms with van der Waals surface area (Å²) in [5.74, 6) is 1.85. The first kappa shape index (κ1) is 20.0. The Morgan fingerprint density at radius 2 is 1.87 bits per heavy atom. The molecule has 1 saturated carbocycles. The standard InChI is InChI=1S/C25H29N3O3/c1-31-20-9-7-17(8-10-20)21-16-28(25(30)18-4-2-5-18)23-11-13-27(15-22(21)23)24(29)19-6-3-12-26-14-19/h3,6-10,12,14,18,21-23H,2,4-5,11,13,15-16H2,1H3/t21-,22-,23-/m0/s1. The third kappa shape index (κ3) is 3.68. The fourth-order valence-electron chi connectivity index (χ4n) is 5.44. The lowest BCUT2D eigenvalue weighted by atomic mass is 9.81. The van der Waals surface area contributed by atoms with Gasteiger partial charge in [-0.3, -0.25) is 14.6 Å². The number of carbonyl (C=O) groups excluding carboxylic acids is 2. The largest absolute Gasteiger partial charge is 0.497 e.